The molecule has 3 rings (SSSR count). The molecule has 0 aliphatic carbocycles. The smallest absolute Gasteiger partial charge is 0.321 e. The van der Waals surface area contributed by atoms with E-state index in [9.17, 15) is 4.79 Å². The maximum absolute atomic E-state index is 12.8. The summed E-state index contributed by atoms with van der Waals surface area (Å²) in [5.41, 5.74) is 4.47. The Bertz CT molecular complexity index is 735. The molecular weight excluding hydrogens is 324 g/mol. The van der Waals surface area contributed by atoms with Gasteiger partial charge in [-0.25, -0.2) is 4.79 Å². The van der Waals surface area contributed by atoms with Crippen molar-refractivity contribution >= 4 is 11.7 Å². The van der Waals surface area contributed by atoms with Crippen LogP contribution in [0.3, 0.4) is 0 Å². The number of rotatable bonds is 3. The second-order valence-electron chi connectivity index (χ2n) is 7.22. The molecule has 1 saturated heterocycles. The highest BCUT2D eigenvalue weighted by Crippen LogP contribution is 2.28. The first-order chi connectivity index (χ1) is 12.5. The number of aryl methyl sites for hydroxylation is 2. The van der Waals surface area contributed by atoms with Crippen molar-refractivity contribution in [2.24, 2.45) is 0 Å². The summed E-state index contributed by atoms with van der Waals surface area (Å²) in [5, 5.41) is 3.08. The number of anilines is 1. The van der Waals surface area contributed by atoms with Crippen molar-refractivity contribution in [3.63, 3.8) is 0 Å². The number of carbonyl (C=O) groups excluding carboxylic acids is 1. The van der Waals surface area contributed by atoms with Crippen molar-refractivity contribution in [2.45, 2.75) is 39.0 Å². The molecule has 1 heterocycles. The summed E-state index contributed by atoms with van der Waals surface area (Å²) in [4.78, 5) is 14.8. The summed E-state index contributed by atoms with van der Waals surface area (Å²) in [6.45, 7) is 5.66. The first-order valence-corrected chi connectivity index (χ1v) is 9.33. The van der Waals surface area contributed by atoms with E-state index in [1.807, 2.05) is 43.0 Å². The van der Waals surface area contributed by atoms with E-state index in [0.29, 0.717) is 5.92 Å². The lowest BCUT2D eigenvalue weighted by atomic mass is 9.94. The molecule has 0 saturated carbocycles. The third-order valence-corrected chi connectivity index (χ3v) is 5.02. The molecule has 1 unspecified atom stereocenters. The van der Waals surface area contributed by atoms with E-state index in [0.717, 1.165) is 54.9 Å². The molecule has 1 fully saturated rings. The normalized spacial score (nSPS) is 17.5. The molecule has 0 aromatic heterocycles. The van der Waals surface area contributed by atoms with E-state index in [4.69, 9.17) is 4.74 Å². The molecule has 4 nitrogen and oxygen atoms in total. The van der Waals surface area contributed by atoms with Gasteiger partial charge in [-0.2, -0.15) is 0 Å². The SMILES string of the molecule is COc1ccc(C2CCCCN(C(=O)Nc3cc(C)cc(C)c3)C2)cc1. The number of likely N-dealkylation sites (tertiary alicyclic amines) is 1. The summed E-state index contributed by atoms with van der Waals surface area (Å²) in [7, 11) is 1.68. The van der Waals surface area contributed by atoms with Gasteiger partial charge in [-0.3, -0.25) is 0 Å². The number of benzene rings is 2. The van der Waals surface area contributed by atoms with E-state index in [1.165, 1.54) is 5.56 Å². The molecule has 2 aromatic rings. The Morgan fingerprint density at radius 2 is 1.77 bits per heavy atom. The number of amides is 2. The van der Waals surface area contributed by atoms with Crippen LogP contribution in [0.25, 0.3) is 0 Å². The molecule has 0 bridgehead atoms. The summed E-state index contributed by atoms with van der Waals surface area (Å²) in [6.07, 6.45) is 3.30. The van der Waals surface area contributed by atoms with E-state index in [2.05, 4.69) is 23.5 Å². The van der Waals surface area contributed by atoms with Crippen LogP contribution in [-0.4, -0.2) is 31.1 Å². The minimum atomic E-state index is -0.00425. The molecule has 0 radical (unpaired) electrons. The Morgan fingerprint density at radius 1 is 1.08 bits per heavy atom. The Hall–Kier alpha value is -2.49. The summed E-state index contributed by atoms with van der Waals surface area (Å²) < 4.78 is 5.25. The van der Waals surface area contributed by atoms with Gasteiger partial charge in [0.15, 0.2) is 0 Å². The molecule has 138 valence electrons. The van der Waals surface area contributed by atoms with E-state index in [1.54, 1.807) is 7.11 Å². The molecule has 26 heavy (non-hydrogen) atoms. The number of nitrogens with one attached hydrogen (secondary N) is 1. The van der Waals surface area contributed by atoms with Gasteiger partial charge in [0.1, 0.15) is 5.75 Å². The van der Waals surface area contributed by atoms with Crippen LogP contribution < -0.4 is 10.1 Å². The average molecular weight is 352 g/mol. The number of carbonyl (C=O) groups is 1. The Morgan fingerprint density at radius 3 is 2.42 bits per heavy atom. The van der Waals surface area contributed by atoms with Crippen LogP contribution in [-0.2, 0) is 0 Å². The van der Waals surface area contributed by atoms with Crippen molar-refractivity contribution in [1.82, 2.24) is 4.90 Å². The number of nitrogens with zero attached hydrogens (tertiary/aromatic N) is 1. The maximum atomic E-state index is 12.8. The lowest BCUT2D eigenvalue weighted by Gasteiger charge is -2.25. The third kappa shape index (κ3) is 4.57. The lowest BCUT2D eigenvalue weighted by molar-refractivity contribution is 0.211. The van der Waals surface area contributed by atoms with E-state index in [-0.39, 0.29) is 6.03 Å². The zero-order valence-electron chi connectivity index (χ0n) is 15.9. The van der Waals surface area contributed by atoms with Crippen LogP contribution in [0.5, 0.6) is 5.75 Å². The fraction of sp³-hybridized carbons (Fsp3) is 0.409. The average Bonchev–Trinajstić information content (AvgIpc) is 2.87. The Labute approximate surface area is 156 Å². The van der Waals surface area contributed by atoms with Crippen LogP contribution in [0, 0.1) is 13.8 Å². The summed E-state index contributed by atoms with van der Waals surface area (Å²) in [5.74, 6) is 1.24. The highest BCUT2D eigenvalue weighted by Gasteiger charge is 2.23. The van der Waals surface area contributed by atoms with Crippen molar-refractivity contribution in [2.75, 3.05) is 25.5 Å². The second kappa shape index (κ2) is 8.26. The van der Waals surface area contributed by atoms with Crippen molar-refractivity contribution in [1.29, 1.82) is 0 Å². The minimum Gasteiger partial charge on any atom is -0.497 e. The number of hydrogen-bond acceptors (Lipinski definition) is 2. The third-order valence-electron chi connectivity index (χ3n) is 5.02. The van der Waals surface area contributed by atoms with Gasteiger partial charge in [-0.1, -0.05) is 24.6 Å². The van der Waals surface area contributed by atoms with Crippen LogP contribution >= 0.6 is 0 Å². The largest absolute Gasteiger partial charge is 0.497 e. The summed E-state index contributed by atoms with van der Waals surface area (Å²) in [6, 6.07) is 14.4. The van der Waals surface area contributed by atoms with Gasteiger partial charge in [-0.15, -0.1) is 0 Å². The number of ether oxygens (including phenoxy) is 1. The lowest BCUT2D eigenvalue weighted by Crippen LogP contribution is -2.37. The number of methoxy groups -OCH3 is 1. The molecule has 4 heteroatoms. The number of hydrogen-bond donors (Lipinski definition) is 1. The minimum absolute atomic E-state index is 0.00425. The number of urea groups is 1. The molecule has 1 atom stereocenters. The van der Waals surface area contributed by atoms with Gasteiger partial charge in [0.05, 0.1) is 7.11 Å². The predicted octanol–water partition coefficient (Wildman–Crippen LogP) is 5.11. The molecule has 2 amide bonds. The van der Waals surface area contributed by atoms with E-state index < -0.39 is 0 Å². The molecule has 1 N–H and O–H groups in total. The second-order valence-corrected chi connectivity index (χ2v) is 7.22. The van der Waals surface area contributed by atoms with Gasteiger partial charge in [0, 0.05) is 24.7 Å². The van der Waals surface area contributed by atoms with Gasteiger partial charge in [0.2, 0.25) is 0 Å². The van der Waals surface area contributed by atoms with Crippen LogP contribution in [0.1, 0.15) is 41.9 Å². The van der Waals surface area contributed by atoms with Gasteiger partial charge in [0.25, 0.3) is 0 Å². The quantitative estimate of drug-likeness (QED) is 0.833. The molecule has 1 aliphatic rings. The monoisotopic (exact) mass is 352 g/mol. The molecule has 2 aromatic carbocycles. The maximum Gasteiger partial charge on any atom is 0.321 e. The van der Waals surface area contributed by atoms with Crippen molar-refractivity contribution in [3.05, 3.63) is 59.2 Å². The van der Waals surface area contributed by atoms with Crippen molar-refractivity contribution < 1.29 is 9.53 Å². The van der Waals surface area contributed by atoms with Gasteiger partial charge < -0.3 is 15.0 Å². The van der Waals surface area contributed by atoms with Crippen LogP contribution in [0.15, 0.2) is 42.5 Å². The zero-order valence-corrected chi connectivity index (χ0v) is 15.9. The molecule has 0 spiro atoms. The standard InChI is InChI=1S/C22H28N2O2/c1-16-12-17(2)14-20(13-16)23-22(25)24-11-5-4-6-19(15-24)18-7-9-21(26-3)10-8-18/h7-10,12-14,19H,4-6,11,15H2,1-3H3,(H,23,25). The Kier molecular flexibility index (Phi) is 5.82. The first-order valence-electron chi connectivity index (χ1n) is 9.33. The first kappa shape index (κ1) is 18.3. The fourth-order valence-corrected chi connectivity index (χ4v) is 3.72. The van der Waals surface area contributed by atoms with Gasteiger partial charge >= 0.3 is 6.03 Å². The zero-order chi connectivity index (χ0) is 18.5. The molecular formula is C22H28N2O2. The van der Waals surface area contributed by atoms with Gasteiger partial charge in [-0.05, 0) is 67.6 Å². The van der Waals surface area contributed by atoms with Crippen molar-refractivity contribution in [3.8, 4) is 5.75 Å². The van der Waals surface area contributed by atoms with Crippen LogP contribution in [0.4, 0.5) is 10.5 Å². The highest BCUT2D eigenvalue weighted by atomic mass is 16.5. The molecule has 1 aliphatic heterocycles. The fourth-order valence-electron chi connectivity index (χ4n) is 3.72. The predicted molar refractivity (Wildman–Crippen MR) is 106 cm³/mol. The van der Waals surface area contributed by atoms with E-state index >= 15 is 0 Å². The van der Waals surface area contributed by atoms with Crippen LogP contribution in [0.2, 0.25) is 0 Å². The Balaban J connectivity index is 1.70. The highest BCUT2D eigenvalue weighted by molar-refractivity contribution is 5.89. The summed E-state index contributed by atoms with van der Waals surface area (Å²) >= 11 is 0. The topological polar surface area (TPSA) is 41.6 Å².